The predicted octanol–water partition coefficient (Wildman–Crippen LogP) is 3.59. The lowest BCUT2D eigenvalue weighted by molar-refractivity contribution is -0.122. The van der Waals surface area contributed by atoms with Crippen LogP contribution in [0.15, 0.2) is 77.7 Å². The van der Waals surface area contributed by atoms with Gasteiger partial charge in [0.2, 0.25) is 0 Å². The van der Waals surface area contributed by atoms with Gasteiger partial charge in [0.05, 0.1) is 10.6 Å². The largest absolute Gasteiger partial charge is 0.484 e. The van der Waals surface area contributed by atoms with Crippen molar-refractivity contribution in [3.63, 3.8) is 0 Å². The maximum atomic E-state index is 13.1. The Morgan fingerprint density at radius 1 is 0.971 bits per heavy atom. The van der Waals surface area contributed by atoms with Crippen molar-refractivity contribution in [1.82, 2.24) is 5.32 Å². The third-order valence-corrected chi connectivity index (χ3v) is 6.79. The number of nitrogens with one attached hydrogen (secondary N) is 2. The van der Waals surface area contributed by atoms with E-state index in [1.54, 1.807) is 42.5 Å². The van der Waals surface area contributed by atoms with Gasteiger partial charge in [0, 0.05) is 24.8 Å². The van der Waals surface area contributed by atoms with Gasteiger partial charge in [-0.3, -0.25) is 13.9 Å². The average Bonchev–Trinajstić information content (AvgIpc) is 2.84. The number of aryl methyl sites for hydroxylation is 1. The van der Waals surface area contributed by atoms with E-state index in [9.17, 15) is 18.0 Å². The molecular formula is C25H27N3O5S. The molecular weight excluding hydrogens is 454 g/mol. The van der Waals surface area contributed by atoms with E-state index in [1.165, 1.54) is 29.6 Å². The van der Waals surface area contributed by atoms with E-state index in [1.807, 2.05) is 26.0 Å². The second-order valence-corrected chi connectivity index (χ2v) is 9.53. The van der Waals surface area contributed by atoms with Gasteiger partial charge in [-0.15, -0.1) is 0 Å². The number of carbonyl (C=O) groups excluding carboxylic acids is 2. The molecule has 0 saturated carbocycles. The number of amides is 2. The van der Waals surface area contributed by atoms with E-state index in [0.29, 0.717) is 23.7 Å². The van der Waals surface area contributed by atoms with Crippen LogP contribution in [-0.4, -0.2) is 40.4 Å². The first kappa shape index (κ1) is 24.8. The Bertz CT molecular complexity index is 1260. The van der Waals surface area contributed by atoms with Gasteiger partial charge in [0.1, 0.15) is 5.75 Å². The lowest BCUT2D eigenvalue weighted by Crippen LogP contribution is -2.28. The van der Waals surface area contributed by atoms with Crippen molar-refractivity contribution in [3.05, 3.63) is 83.9 Å². The first-order chi connectivity index (χ1) is 16.2. The summed E-state index contributed by atoms with van der Waals surface area (Å²) in [4.78, 5) is 24.2. The standard InChI is InChI=1S/C25H27N3O5S/c1-4-26-24(29)17-33-22-14-10-20(11-15-22)27-25(30)19-6-5-7-23(16-19)34(31,32)28(3)21-12-8-18(2)9-13-21/h5-16H,4,17H2,1-3H3,(H,26,29)(H,27,30). The highest BCUT2D eigenvalue weighted by molar-refractivity contribution is 7.92. The number of hydrogen-bond acceptors (Lipinski definition) is 5. The first-order valence-corrected chi connectivity index (χ1v) is 12.1. The van der Waals surface area contributed by atoms with Gasteiger partial charge < -0.3 is 15.4 Å². The third kappa shape index (κ3) is 6.14. The summed E-state index contributed by atoms with van der Waals surface area (Å²) >= 11 is 0. The van der Waals surface area contributed by atoms with E-state index in [2.05, 4.69) is 10.6 Å². The highest BCUT2D eigenvalue weighted by Gasteiger charge is 2.22. The molecule has 0 radical (unpaired) electrons. The maximum Gasteiger partial charge on any atom is 0.264 e. The zero-order valence-electron chi connectivity index (χ0n) is 19.2. The van der Waals surface area contributed by atoms with Crippen LogP contribution in [0.3, 0.4) is 0 Å². The predicted molar refractivity (Wildman–Crippen MR) is 132 cm³/mol. The Labute approximate surface area is 199 Å². The van der Waals surface area contributed by atoms with Crippen molar-refractivity contribution in [2.24, 2.45) is 0 Å². The number of nitrogens with zero attached hydrogens (tertiary/aromatic N) is 1. The van der Waals surface area contributed by atoms with Crippen molar-refractivity contribution >= 4 is 33.2 Å². The first-order valence-electron chi connectivity index (χ1n) is 10.7. The van der Waals surface area contributed by atoms with Crippen LogP contribution in [0.2, 0.25) is 0 Å². The molecule has 0 atom stereocenters. The number of anilines is 2. The number of sulfonamides is 1. The fourth-order valence-corrected chi connectivity index (χ4v) is 4.33. The van der Waals surface area contributed by atoms with E-state index in [-0.39, 0.29) is 23.0 Å². The van der Waals surface area contributed by atoms with Gasteiger partial charge in [-0.05, 0) is 68.4 Å². The number of ether oxygens (including phenoxy) is 1. The van der Waals surface area contributed by atoms with Crippen LogP contribution in [-0.2, 0) is 14.8 Å². The van der Waals surface area contributed by atoms with Gasteiger partial charge in [-0.2, -0.15) is 0 Å². The third-order valence-electron chi connectivity index (χ3n) is 5.01. The van der Waals surface area contributed by atoms with Gasteiger partial charge in [-0.25, -0.2) is 8.42 Å². The van der Waals surface area contributed by atoms with Gasteiger partial charge in [-0.1, -0.05) is 23.8 Å². The molecule has 178 valence electrons. The molecule has 0 spiro atoms. The SMILES string of the molecule is CCNC(=O)COc1ccc(NC(=O)c2cccc(S(=O)(=O)N(C)c3ccc(C)cc3)c2)cc1. The zero-order chi connectivity index (χ0) is 24.7. The minimum atomic E-state index is -3.85. The lowest BCUT2D eigenvalue weighted by Gasteiger charge is -2.20. The van der Waals surface area contributed by atoms with E-state index >= 15 is 0 Å². The molecule has 0 heterocycles. The van der Waals surface area contributed by atoms with Crippen LogP contribution >= 0.6 is 0 Å². The summed E-state index contributed by atoms with van der Waals surface area (Å²) in [5.74, 6) is -0.190. The molecule has 0 unspecified atom stereocenters. The molecule has 2 N–H and O–H groups in total. The quantitative estimate of drug-likeness (QED) is 0.486. The monoisotopic (exact) mass is 481 g/mol. The normalized spacial score (nSPS) is 10.9. The lowest BCUT2D eigenvalue weighted by atomic mass is 10.2. The molecule has 34 heavy (non-hydrogen) atoms. The van der Waals surface area contributed by atoms with Crippen LogP contribution in [0.5, 0.6) is 5.75 Å². The number of carbonyl (C=O) groups is 2. The van der Waals surface area contributed by atoms with Crippen LogP contribution in [0.1, 0.15) is 22.8 Å². The second-order valence-electron chi connectivity index (χ2n) is 7.56. The molecule has 3 aromatic rings. The minimum Gasteiger partial charge on any atom is -0.484 e. The summed E-state index contributed by atoms with van der Waals surface area (Å²) in [5.41, 5.74) is 2.25. The molecule has 0 aromatic heterocycles. The molecule has 0 bridgehead atoms. The van der Waals surface area contributed by atoms with Crippen molar-refractivity contribution in [2.45, 2.75) is 18.7 Å². The van der Waals surface area contributed by atoms with Crippen LogP contribution in [0.25, 0.3) is 0 Å². The number of benzene rings is 3. The average molecular weight is 482 g/mol. The summed E-state index contributed by atoms with van der Waals surface area (Å²) in [6.07, 6.45) is 0. The smallest absolute Gasteiger partial charge is 0.264 e. The zero-order valence-corrected chi connectivity index (χ0v) is 20.1. The van der Waals surface area contributed by atoms with Gasteiger partial charge in [0.15, 0.2) is 6.61 Å². The summed E-state index contributed by atoms with van der Waals surface area (Å²) in [5, 5.41) is 5.37. The Morgan fingerprint density at radius 2 is 1.65 bits per heavy atom. The topological polar surface area (TPSA) is 105 Å². The maximum absolute atomic E-state index is 13.1. The molecule has 0 fully saturated rings. The number of likely N-dealkylation sites (N-methyl/N-ethyl adjacent to an activating group) is 1. The number of hydrogen-bond donors (Lipinski definition) is 2. The van der Waals surface area contributed by atoms with Crippen LogP contribution in [0, 0.1) is 6.92 Å². The molecule has 9 heteroatoms. The summed E-state index contributed by atoms with van der Waals surface area (Å²) in [6, 6.07) is 19.5. The molecule has 0 aliphatic carbocycles. The van der Waals surface area contributed by atoms with Crippen molar-refractivity contribution in [1.29, 1.82) is 0 Å². The van der Waals surface area contributed by atoms with E-state index in [4.69, 9.17) is 4.74 Å². The summed E-state index contributed by atoms with van der Waals surface area (Å²) < 4.78 is 32.8. The molecule has 8 nitrogen and oxygen atoms in total. The second kappa shape index (κ2) is 10.8. The highest BCUT2D eigenvalue weighted by Crippen LogP contribution is 2.23. The van der Waals surface area contributed by atoms with Crippen LogP contribution in [0.4, 0.5) is 11.4 Å². The van der Waals surface area contributed by atoms with Crippen LogP contribution < -0.4 is 19.7 Å². The summed E-state index contributed by atoms with van der Waals surface area (Å²) in [7, 11) is -2.38. The Balaban J connectivity index is 1.69. The molecule has 0 saturated heterocycles. The summed E-state index contributed by atoms with van der Waals surface area (Å²) in [6.45, 7) is 4.17. The molecule has 3 rings (SSSR count). The minimum absolute atomic E-state index is 0.0114. The van der Waals surface area contributed by atoms with E-state index in [0.717, 1.165) is 5.56 Å². The van der Waals surface area contributed by atoms with Crippen molar-refractivity contribution in [3.8, 4) is 5.75 Å². The van der Waals surface area contributed by atoms with Crippen molar-refractivity contribution < 1.29 is 22.7 Å². The van der Waals surface area contributed by atoms with E-state index < -0.39 is 15.9 Å². The van der Waals surface area contributed by atoms with Crippen molar-refractivity contribution in [2.75, 3.05) is 29.8 Å². The van der Waals surface area contributed by atoms with Gasteiger partial charge in [0.25, 0.3) is 21.8 Å². The molecule has 0 aliphatic rings. The molecule has 3 aromatic carbocycles. The molecule has 0 aliphatic heterocycles. The Kier molecular flexibility index (Phi) is 7.91. The van der Waals surface area contributed by atoms with Gasteiger partial charge >= 0.3 is 0 Å². The highest BCUT2D eigenvalue weighted by atomic mass is 32.2. The molecule has 2 amide bonds. The fourth-order valence-electron chi connectivity index (χ4n) is 3.08. The number of rotatable bonds is 9. The Morgan fingerprint density at radius 3 is 2.29 bits per heavy atom. The Hall–Kier alpha value is -3.85. The fraction of sp³-hybridized carbons (Fsp3) is 0.200.